The van der Waals surface area contributed by atoms with Crippen LogP contribution in [0.15, 0.2) is 30.6 Å². The second kappa shape index (κ2) is 4.80. The Morgan fingerprint density at radius 3 is 3.10 bits per heavy atom. The summed E-state index contributed by atoms with van der Waals surface area (Å²) < 4.78 is 1.73. The molecule has 0 aliphatic carbocycles. The fourth-order valence-corrected chi connectivity index (χ4v) is 2.16. The maximum atomic E-state index is 12.1. The van der Waals surface area contributed by atoms with Crippen molar-refractivity contribution in [3.63, 3.8) is 0 Å². The van der Waals surface area contributed by atoms with E-state index in [0.717, 1.165) is 12.1 Å². The molecule has 0 atom stereocenters. The topological polar surface area (TPSA) is 76.0 Å². The van der Waals surface area contributed by atoms with Crippen molar-refractivity contribution in [1.82, 2.24) is 9.78 Å². The summed E-state index contributed by atoms with van der Waals surface area (Å²) in [6.45, 7) is 2.72. The Labute approximate surface area is 115 Å². The fourth-order valence-electron chi connectivity index (χ4n) is 2.16. The third-order valence-electron chi connectivity index (χ3n) is 3.21. The van der Waals surface area contributed by atoms with Crippen LogP contribution in [-0.4, -0.2) is 21.6 Å². The predicted molar refractivity (Wildman–Crippen MR) is 74.6 cm³/mol. The molecule has 0 radical (unpaired) electrons. The number of aromatic nitrogens is 2. The molecule has 0 unspecified atom stereocenters. The first-order chi connectivity index (χ1) is 9.65. The summed E-state index contributed by atoms with van der Waals surface area (Å²) >= 11 is 0. The van der Waals surface area contributed by atoms with Gasteiger partial charge >= 0.3 is 0 Å². The minimum atomic E-state index is -0.218. The molecular weight excluding hydrogens is 256 g/mol. The van der Waals surface area contributed by atoms with Gasteiger partial charge in [-0.2, -0.15) is 5.10 Å². The van der Waals surface area contributed by atoms with Crippen molar-refractivity contribution in [3.05, 3.63) is 41.7 Å². The van der Waals surface area contributed by atoms with Crippen molar-refractivity contribution in [3.8, 4) is 0 Å². The molecule has 3 rings (SSSR count). The predicted octanol–water partition coefficient (Wildman–Crippen LogP) is 1.65. The molecule has 0 spiro atoms. The number of anilines is 2. The van der Waals surface area contributed by atoms with Gasteiger partial charge in [0.2, 0.25) is 5.91 Å². The van der Waals surface area contributed by atoms with E-state index in [1.165, 1.54) is 0 Å². The Balaban J connectivity index is 1.77. The van der Waals surface area contributed by atoms with E-state index >= 15 is 0 Å². The smallest absolute Gasteiger partial charge is 0.255 e. The molecule has 6 heteroatoms. The number of fused-ring (bicyclic) bond motifs is 1. The van der Waals surface area contributed by atoms with Crippen molar-refractivity contribution in [2.75, 3.05) is 10.6 Å². The van der Waals surface area contributed by atoms with Gasteiger partial charge in [-0.3, -0.25) is 14.3 Å². The number of hydrogen-bond donors (Lipinski definition) is 2. The number of carbonyl (C=O) groups excluding carboxylic acids is 2. The van der Waals surface area contributed by atoms with E-state index in [4.69, 9.17) is 0 Å². The number of hydrogen-bond acceptors (Lipinski definition) is 3. The molecule has 1 aliphatic rings. The maximum Gasteiger partial charge on any atom is 0.255 e. The van der Waals surface area contributed by atoms with Crippen molar-refractivity contribution >= 4 is 23.2 Å². The molecule has 1 aromatic heterocycles. The van der Waals surface area contributed by atoms with Gasteiger partial charge in [0, 0.05) is 24.0 Å². The molecule has 0 bridgehead atoms. The Morgan fingerprint density at radius 2 is 2.35 bits per heavy atom. The van der Waals surface area contributed by atoms with Crippen LogP contribution in [0.2, 0.25) is 0 Å². The molecule has 0 saturated heterocycles. The van der Waals surface area contributed by atoms with E-state index < -0.39 is 0 Å². The lowest BCUT2D eigenvalue weighted by molar-refractivity contribution is -0.115. The number of aryl methyl sites for hydroxylation is 1. The number of rotatable bonds is 3. The molecule has 1 aliphatic heterocycles. The normalized spacial score (nSPS) is 12.9. The van der Waals surface area contributed by atoms with Crippen molar-refractivity contribution in [1.29, 1.82) is 0 Å². The highest BCUT2D eigenvalue weighted by Gasteiger charge is 2.19. The largest absolute Gasteiger partial charge is 0.326 e. The van der Waals surface area contributed by atoms with E-state index in [1.807, 2.05) is 6.92 Å². The van der Waals surface area contributed by atoms with Crippen LogP contribution in [0.25, 0.3) is 0 Å². The second-order valence-electron chi connectivity index (χ2n) is 4.64. The highest BCUT2D eigenvalue weighted by molar-refractivity contribution is 6.06. The third kappa shape index (κ3) is 2.27. The summed E-state index contributed by atoms with van der Waals surface area (Å²) in [7, 11) is 0. The Morgan fingerprint density at radius 1 is 1.50 bits per heavy atom. The summed E-state index contributed by atoms with van der Waals surface area (Å²) in [4.78, 5) is 23.4. The van der Waals surface area contributed by atoms with Gasteiger partial charge < -0.3 is 10.6 Å². The Kier molecular flexibility index (Phi) is 2.98. The molecule has 20 heavy (non-hydrogen) atoms. The molecule has 102 valence electrons. The first-order valence-electron chi connectivity index (χ1n) is 6.42. The van der Waals surface area contributed by atoms with E-state index in [-0.39, 0.29) is 11.8 Å². The third-order valence-corrected chi connectivity index (χ3v) is 3.21. The van der Waals surface area contributed by atoms with Gasteiger partial charge in [-0.15, -0.1) is 0 Å². The fraction of sp³-hybridized carbons (Fsp3) is 0.214. The standard InChI is InChI=1S/C14H14N4O2/c1-2-18-8-11(7-15-18)16-14(20)10-4-3-9-6-13(19)17-12(9)5-10/h3-5,7-8H,2,6H2,1H3,(H,16,20)(H,17,19). The van der Waals surface area contributed by atoms with Gasteiger partial charge in [0.05, 0.1) is 18.3 Å². The van der Waals surface area contributed by atoms with E-state index in [2.05, 4.69) is 15.7 Å². The van der Waals surface area contributed by atoms with E-state index in [9.17, 15) is 9.59 Å². The number of nitrogens with one attached hydrogen (secondary N) is 2. The number of nitrogens with zero attached hydrogens (tertiary/aromatic N) is 2. The molecule has 1 aromatic carbocycles. The first-order valence-corrected chi connectivity index (χ1v) is 6.42. The van der Waals surface area contributed by atoms with Crippen molar-refractivity contribution < 1.29 is 9.59 Å². The van der Waals surface area contributed by atoms with E-state index in [1.54, 1.807) is 35.3 Å². The minimum Gasteiger partial charge on any atom is -0.326 e. The van der Waals surface area contributed by atoms with Crippen molar-refractivity contribution in [2.24, 2.45) is 0 Å². The zero-order valence-corrected chi connectivity index (χ0v) is 11.0. The van der Waals surface area contributed by atoms with Gasteiger partial charge in [0.15, 0.2) is 0 Å². The highest BCUT2D eigenvalue weighted by atomic mass is 16.2. The summed E-state index contributed by atoms with van der Waals surface area (Å²) in [6, 6.07) is 5.22. The van der Waals surface area contributed by atoms with Crippen LogP contribution in [0.5, 0.6) is 0 Å². The SMILES string of the molecule is CCn1cc(NC(=O)c2ccc3c(c2)NC(=O)C3)cn1. The summed E-state index contributed by atoms with van der Waals surface area (Å²) in [5, 5.41) is 9.61. The molecule has 6 nitrogen and oxygen atoms in total. The van der Waals surface area contributed by atoms with E-state index in [0.29, 0.717) is 23.4 Å². The second-order valence-corrected chi connectivity index (χ2v) is 4.64. The van der Waals surface area contributed by atoms with Crippen LogP contribution in [-0.2, 0) is 17.8 Å². The van der Waals surface area contributed by atoms with Crippen LogP contribution in [0.4, 0.5) is 11.4 Å². The molecule has 2 aromatic rings. The highest BCUT2D eigenvalue weighted by Crippen LogP contribution is 2.24. The van der Waals surface area contributed by atoms with Gasteiger partial charge in [-0.1, -0.05) is 6.07 Å². The van der Waals surface area contributed by atoms with Gasteiger partial charge in [0.25, 0.3) is 5.91 Å². The van der Waals surface area contributed by atoms with Crippen molar-refractivity contribution in [2.45, 2.75) is 19.9 Å². The molecule has 2 heterocycles. The quantitative estimate of drug-likeness (QED) is 0.890. The lowest BCUT2D eigenvalue weighted by Crippen LogP contribution is -2.11. The molecular formula is C14H14N4O2. The monoisotopic (exact) mass is 270 g/mol. The first kappa shape index (κ1) is 12.4. The molecule has 0 saturated carbocycles. The average molecular weight is 270 g/mol. The molecule has 2 N–H and O–H groups in total. The van der Waals surface area contributed by atoms with Gasteiger partial charge in [-0.25, -0.2) is 0 Å². The van der Waals surface area contributed by atoms with Crippen LogP contribution in [0.3, 0.4) is 0 Å². The van der Waals surface area contributed by atoms with Crippen LogP contribution in [0.1, 0.15) is 22.8 Å². The Hall–Kier alpha value is -2.63. The Bertz CT molecular complexity index is 690. The summed E-state index contributed by atoms with van der Waals surface area (Å²) in [6.07, 6.45) is 3.75. The summed E-state index contributed by atoms with van der Waals surface area (Å²) in [5.74, 6) is -0.258. The van der Waals surface area contributed by atoms with Gasteiger partial charge in [-0.05, 0) is 24.6 Å². The zero-order valence-electron chi connectivity index (χ0n) is 11.0. The number of benzene rings is 1. The summed E-state index contributed by atoms with van der Waals surface area (Å²) in [5.41, 5.74) is 2.80. The maximum absolute atomic E-state index is 12.1. The van der Waals surface area contributed by atoms with Gasteiger partial charge in [0.1, 0.15) is 0 Å². The van der Waals surface area contributed by atoms with Crippen LogP contribution in [0, 0.1) is 0 Å². The van der Waals surface area contributed by atoms with Crippen LogP contribution >= 0.6 is 0 Å². The minimum absolute atomic E-state index is 0.0400. The average Bonchev–Trinajstić information content (AvgIpc) is 3.02. The number of carbonyl (C=O) groups is 2. The molecule has 2 amide bonds. The number of amides is 2. The lowest BCUT2D eigenvalue weighted by atomic mass is 10.1. The zero-order chi connectivity index (χ0) is 14.1. The van der Waals surface area contributed by atoms with Crippen LogP contribution < -0.4 is 10.6 Å². The molecule has 0 fully saturated rings. The lowest BCUT2D eigenvalue weighted by Gasteiger charge is -2.05.